The molecule has 447 valence electrons. The van der Waals surface area contributed by atoms with Crippen molar-refractivity contribution in [2.45, 2.75) is 236 Å². The number of unbranched alkanes of at least 4 members (excludes halogenated alkanes) is 2. The van der Waals surface area contributed by atoms with Gasteiger partial charge in [0.05, 0.1) is 73.5 Å². The van der Waals surface area contributed by atoms with Gasteiger partial charge < -0.3 is 81.3 Å². The quantitative estimate of drug-likeness (QED) is 0.0825. The summed E-state index contributed by atoms with van der Waals surface area (Å²) >= 11 is 0. The molecule has 3 aliphatic heterocycles. The number of nitrogens with two attached hydrogens (primary N) is 1. The zero-order valence-electron chi connectivity index (χ0n) is 47.9. The molecule has 0 spiro atoms. The number of hydrogen-bond donors (Lipinski definition) is 12. The number of allylic oxidation sites excluding steroid dienone is 12. The number of cyclic esters (lactones) is 1. The fraction of sp³-hybridized carbons (Fsp3) is 0.707. The van der Waals surface area contributed by atoms with Gasteiger partial charge in [-0.3, -0.25) is 9.59 Å². The summed E-state index contributed by atoms with van der Waals surface area (Å²) in [5.41, 5.74) is 6.34. The van der Waals surface area contributed by atoms with Gasteiger partial charge in [0.25, 0.3) is 0 Å². The van der Waals surface area contributed by atoms with Crippen LogP contribution in [0.3, 0.4) is 0 Å². The zero-order chi connectivity index (χ0) is 58.4. The van der Waals surface area contributed by atoms with E-state index in [-0.39, 0.29) is 87.4 Å². The maximum atomic E-state index is 13.1. The SMILES string of the molecule is CC(=O)CCNC(=O)N[C@H]1[C@@H]2C[C@@H](OC3OC(C)C(C)C(N)C3O)/C=C/C=C/C=C/C=C/C=C/C=C/C=C/[C@H](C)[C@@H](O)[C@@H](C)[C@H](C)OC(=O)C[C@H](O)C[C@H](O)CC[C@@H](O)[C@H](O)C[C@H](O)C[C@](O)(C[C@@H]1O)O2.C[B]CCCCC.[U]. The Kier molecular flexibility index (Phi) is 38.0. The number of esters is 1. The Hall–Kier alpha value is -2.81. The standard InChI is InChI=1S/C52H83N3O16.C6H14B.U/c1-31-19-17-15-13-11-9-7-8-10-12-14-16-18-20-40(70-50-49(65)46(53)33(3)35(5)69-50)28-44-47(55-51(66)54-24-23-32(2)56)43(62)30-52(67,71-44)29-39(59)26-42(61)41(60)22-21-37(57)25-38(58)27-45(63)68-36(6)34(4)48(31)64;1-3-4-5-6-7-2;/h7-20,31,33-44,46-50,57-62,64-65,67H,21-30,53H2,1-6H3,(H2,54,55,66);3-6H2,1-2H3;/b8-7+,11-9+,12-10+,15-13+,16-14+,19-17+,20-18+;;/t31-,33?,34-,35?,36-,37+,38+,39-,40-,41+,42+,43-,44-,46?,47+,48+,49?,50?,52+;;/m0../s1. The maximum Gasteiger partial charge on any atom is 0.315 e. The molecule has 0 saturated carbocycles. The van der Waals surface area contributed by atoms with E-state index < -0.39 is 141 Å². The zero-order valence-corrected chi connectivity index (χ0v) is 52.1. The fourth-order valence-electron chi connectivity index (χ4n) is 9.14. The van der Waals surface area contributed by atoms with Crippen molar-refractivity contribution in [3.63, 3.8) is 0 Å². The van der Waals surface area contributed by atoms with E-state index in [1.807, 2.05) is 56.4 Å². The van der Waals surface area contributed by atoms with Crippen molar-refractivity contribution in [1.82, 2.24) is 10.6 Å². The molecule has 3 heterocycles. The van der Waals surface area contributed by atoms with Crippen LogP contribution in [0.15, 0.2) is 85.1 Å². The Balaban J connectivity index is 0.00000364. The number of Topliss-reactive ketones (excluding diaryl/α,β-unsaturated/α-hetero) is 1. The second-order valence-electron chi connectivity index (χ2n) is 21.4. The van der Waals surface area contributed by atoms with Crippen LogP contribution in [-0.4, -0.2) is 175 Å². The molecule has 3 rings (SSSR count). The average Bonchev–Trinajstić information content (AvgIpc) is 3.36. The molecule has 0 aromatic rings. The van der Waals surface area contributed by atoms with Crippen LogP contribution in [0.25, 0.3) is 0 Å². The number of carbonyl (C=O) groups excluding carboxylic acids is 3. The van der Waals surface area contributed by atoms with E-state index in [0.29, 0.717) is 0 Å². The number of aliphatic hydroxyl groups is 9. The minimum atomic E-state index is -2.25. The number of amides is 2. The van der Waals surface area contributed by atoms with Crippen LogP contribution in [0.4, 0.5) is 4.79 Å². The van der Waals surface area contributed by atoms with Crippen molar-refractivity contribution in [2.24, 2.45) is 23.5 Å². The summed E-state index contributed by atoms with van der Waals surface area (Å²) in [6.45, 7) is 14.6. The molecule has 21 heteroatoms. The molecule has 2 bridgehead atoms. The van der Waals surface area contributed by atoms with E-state index in [1.165, 1.54) is 32.5 Å². The van der Waals surface area contributed by atoms with Crippen molar-refractivity contribution in [3.05, 3.63) is 85.1 Å². The van der Waals surface area contributed by atoms with E-state index in [4.69, 9.17) is 24.7 Å². The van der Waals surface area contributed by atoms with E-state index in [1.54, 1.807) is 63.3 Å². The number of nitrogens with one attached hydrogen (secondary N) is 2. The smallest absolute Gasteiger partial charge is 0.315 e. The van der Waals surface area contributed by atoms with Crippen molar-refractivity contribution >= 4 is 25.1 Å². The summed E-state index contributed by atoms with van der Waals surface area (Å²) in [6.07, 6.45) is 12.7. The van der Waals surface area contributed by atoms with Gasteiger partial charge in [0.15, 0.2) is 12.1 Å². The first-order chi connectivity index (χ1) is 36.9. The molecule has 2 fully saturated rings. The van der Waals surface area contributed by atoms with E-state index in [2.05, 4.69) is 31.7 Å². The Morgan fingerprint density at radius 3 is 1.91 bits per heavy atom. The third-order valence-corrected chi connectivity index (χ3v) is 14.4. The van der Waals surface area contributed by atoms with Gasteiger partial charge in [0, 0.05) is 87.6 Å². The first-order valence-electron chi connectivity index (χ1n) is 28.0. The monoisotopic (exact) mass is 1340 g/mol. The Morgan fingerprint density at radius 1 is 0.734 bits per heavy atom. The van der Waals surface area contributed by atoms with Gasteiger partial charge in [-0.1, -0.05) is 145 Å². The molecule has 5 unspecified atom stereocenters. The average molecular weight is 1340 g/mol. The Labute approximate surface area is 494 Å². The normalized spacial score (nSPS) is 39.0. The number of fused-ring (bicyclic) bond motifs is 2. The number of ether oxygens (including phenoxy) is 4. The second-order valence-corrected chi connectivity index (χ2v) is 21.4. The van der Waals surface area contributed by atoms with Crippen LogP contribution in [-0.2, 0) is 28.5 Å². The molecule has 2 amide bonds. The minimum Gasteiger partial charge on any atom is -0.462 e. The van der Waals surface area contributed by atoms with Gasteiger partial charge >= 0.3 is 12.0 Å². The molecule has 19 nitrogen and oxygen atoms in total. The summed E-state index contributed by atoms with van der Waals surface area (Å²) in [6, 6.07) is -2.63. The second kappa shape index (κ2) is 40.4. The molecule has 0 aromatic heterocycles. The third kappa shape index (κ3) is 29.8. The maximum absolute atomic E-state index is 13.1. The summed E-state index contributed by atoms with van der Waals surface area (Å²) in [7, 11) is 2.23. The number of urea groups is 1. The topological polar surface area (TPSA) is 320 Å². The van der Waals surface area contributed by atoms with Gasteiger partial charge in [0.1, 0.15) is 25.3 Å². The van der Waals surface area contributed by atoms with Gasteiger partial charge in [-0.15, -0.1) is 0 Å². The van der Waals surface area contributed by atoms with Crippen molar-refractivity contribution in [2.75, 3.05) is 6.54 Å². The summed E-state index contributed by atoms with van der Waals surface area (Å²) < 4.78 is 24.1. The summed E-state index contributed by atoms with van der Waals surface area (Å²) in [5.74, 6) is -4.08. The Bertz CT molecular complexity index is 1940. The predicted octanol–water partition coefficient (Wildman–Crippen LogP) is 4.28. The van der Waals surface area contributed by atoms with Crippen molar-refractivity contribution in [1.29, 1.82) is 0 Å². The van der Waals surface area contributed by atoms with Gasteiger partial charge in [-0.2, -0.15) is 0 Å². The van der Waals surface area contributed by atoms with Crippen LogP contribution < -0.4 is 16.4 Å². The molecule has 0 aromatic carbocycles. The fourth-order valence-corrected chi connectivity index (χ4v) is 9.14. The molecule has 0 aliphatic carbocycles. The molecule has 19 atom stereocenters. The molecule has 13 N–H and O–H groups in total. The van der Waals surface area contributed by atoms with Gasteiger partial charge in [0.2, 0.25) is 0 Å². The summed E-state index contributed by atoms with van der Waals surface area (Å²) in [5, 5.41) is 105. The van der Waals surface area contributed by atoms with E-state index >= 15 is 0 Å². The van der Waals surface area contributed by atoms with Crippen LogP contribution >= 0.6 is 0 Å². The molecule has 79 heavy (non-hydrogen) atoms. The number of carbonyl (C=O) groups is 3. The van der Waals surface area contributed by atoms with Crippen molar-refractivity contribution in [3.8, 4) is 0 Å². The van der Waals surface area contributed by atoms with Crippen LogP contribution in [0.1, 0.15) is 126 Å². The number of rotatable bonds is 10. The van der Waals surface area contributed by atoms with Crippen LogP contribution in [0, 0.1) is 48.9 Å². The third-order valence-electron chi connectivity index (χ3n) is 14.4. The molecule has 2 saturated heterocycles. The number of aliphatic hydroxyl groups excluding tert-OH is 8. The summed E-state index contributed by atoms with van der Waals surface area (Å²) in [4.78, 5) is 37.3. The van der Waals surface area contributed by atoms with Crippen LogP contribution in [0.2, 0.25) is 13.1 Å². The van der Waals surface area contributed by atoms with E-state index in [0.717, 1.165) is 0 Å². The number of ketones is 1. The first-order valence-corrected chi connectivity index (χ1v) is 28.0. The number of hydrogen-bond acceptors (Lipinski definition) is 17. The first kappa shape index (κ1) is 74.2. The van der Waals surface area contributed by atoms with Crippen LogP contribution in [0.5, 0.6) is 0 Å². The van der Waals surface area contributed by atoms with Crippen molar-refractivity contribution < 1.29 is 110 Å². The molecular weight excluding hydrogens is 1240 g/mol. The van der Waals surface area contributed by atoms with Gasteiger partial charge in [-0.05, 0) is 46.0 Å². The molecular formula is C58H97BN3O16U. The molecule has 1 radical (unpaired) electrons. The molecule has 3 aliphatic rings. The predicted molar refractivity (Wildman–Crippen MR) is 301 cm³/mol. The Morgan fingerprint density at radius 2 is 1.33 bits per heavy atom. The minimum absolute atomic E-state index is 0. The van der Waals surface area contributed by atoms with Gasteiger partial charge in [-0.25, -0.2) is 4.79 Å². The van der Waals surface area contributed by atoms with E-state index in [9.17, 15) is 60.3 Å². The largest absolute Gasteiger partial charge is 0.462 e.